The van der Waals surface area contributed by atoms with Crippen molar-refractivity contribution in [3.63, 3.8) is 0 Å². The summed E-state index contributed by atoms with van der Waals surface area (Å²) in [6.45, 7) is 5.78. The number of nitrogens with one attached hydrogen (secondary N) is 1. The second-order valence-electron chi connectivity index (χ2n) is 6.91. The van der Waals surface area contributed by atoms with Gasteiger partial charge in [0.05, 0.1) is 31.4 Å². The molecule has 1 atom stereocenters. The minimum absolute atomic E-state index is 0.00746. The van der Waals surface area contributed by atoms with Gasteiger partial charge < -0.3 is 15.0 Å². The molecule has 3 aromatic rings. The number of rotatable bonds is 4. The Balaban J connectivity index is 1.54. The van der Waals surface area contributed by atoms with Gasteiger partial charge >= 0.3 is 0 Å². The molecular weight excluding hydrogens is 352 g/mol. The van der Waals surface area contributed by atoms with Gasteiger partial charge in [-0.25, -0.2) is 4.99 Å². The molecule has 7 heteroatoms. The van der Waals surface area contributed by atoms with E-state index in [1.54, 1.807) is 0 Å². The summed E-state index contributed by atoms with van der Waals surface area (Å²) in [7, 11) is 1.93. The van der Waals surface area contributed by atoms with Gasteiger partial charge in [0.15, 0.2) is 5.96 Å². The number of morpholine rings is 1. The number of pyridine rings is 1. The van der Waals surface area contributed by atoms with E-state index in [1.807, 2.05) is 54.6 Å². The maximum absolute atomic E-state index is 5.97. The molecule has 1 aliphatic heterocycles. The molecule has 2 aromatic heterocycles. The molecular formula is C21H26N6O. The van der Waals surface area contributed by atoms with Gasteiger partial charge in [0.25, 0.3) is 0 Å². The molecule has 146 valence electrons. The quantitative estimate of drug-likeness (QED) is 0.558. The lowest BCUT2D eigenvalue weighted by molar-refractivity contribution is -0.00805. The molecule has 0 radical (unpaired) electrons. The molecule has 1 aliphatic rings. The molecule has 7 nitrogen and oxygen atoms in total. The first-order valence-electron chi connectivity index (χ1n) is 9.70. The molecule has 0 bridgehead atoms. The smallest absolute Gasteiger partial charge is 0.194 e. The van der Waals surface area contributed by atoms with Gasteiger partial charge in [-0.3, -0.25) is 9.67 Å². The van der Waals surface area contributed by atoms with Crippen LogP contribution in [0, 0.1) is 0 Å². The monoisotopic (exact) mass is 378 g/mol. The van der Waals surface area contributed by atoms with Gasteiger partial charge in [-0.2, -0.15) is 5.10 Å². The fourth-order valence-corrected chi connectivity index (χ4v) is 3.53. The van der Waals surface area contributed by atoms with E-state index in [4.69, 9.17) is 9.73 Å². The predicted molar refractivity (Wildman–Crippen MR) is 110 cm³/mol. The molecule has 0 amide bonds. The number of ether oxygens (including phenoxy) is 1. The van der Waals surface area contributed by atoms with E-state index in [9.17, 15) is 0 Å². The third-order valence-corrected chi connectivity index (χ3v) is 4.94. The van der Waals surface area contributed by atoms with Crippen molar-refractivity contribution in [2.24, 2.45) is 12.0 Å². The zero-order valence-electron chi connectivity index (χ0n) is 16.4. The van der Waals surface area contributed by atoms with Gasteiger partial charge in [0, 0.05) is 43.5 Å². The van der Waals surface area contributed by atoms with Crippen LogP contribution in [0.3, 0.4) is 0 Å². The molecule has 1 aromatic carbocycles. The lowest BCUT2D eigenvalue weighted by Crippen LogP contribution is -2.48. The van der Waals surface area contributed by atoms with Gasteiger partial charge in [0.2, 0.25) is 0 Å². The highest BCUT2D eigenvalue weighted by Gasteiger charge is 2.25. The minimum Gasteiger partial charge on any atom is -0.370 e. The van der Waals surface area contributed by atoms with Crippen LogP contribution in [0.25, 0.3) is 10.9 Å². The topological polar surface area (TPSA) is 67.6 Å². The summed E-state index contributed by atoms with van der Waals surface area (Å²) in [5, 5.41) is 8.85. The maximum Gasteiger partial charge on any atom is 0.194 e. The first kappa shape index (κ1) is 18.4. The number of para-hydroxylation sites is 1. The highest BCUT2D eigenvalue weighted by molar-refractivity contribution is 5.83. The second-order valence-corrected chi connectivity index (χ2v) is 6.91. The number of benzene rings is 1. The summed E-state index contributed by atoms with van der Waals surface area (Å²) in [6, 6.07) is 10.2. The molecule has 3 heterocycles. The SMILES string of the molecule is CCNC(=NCc1ccnc2ccccc12)N1CCOC(c2cnn(C)c2)C1. The number of hydrogen-bond donors (Lipinski definition) is 1. The average molecular weight is 378 g/mol. The van der Waals surface area contributed by atoms with Crippen molar-refractivity contribution in [2.45, 2.75) is 19.6 Å². The van der Waals surface area contributed by atoms with Crippen LogP contribution in [0.15, 0.2) is 53.9 Å². The summed E-state index contributed by atoms with van der Waals surface area (Å²) >= 11 is 0. The molecule has 4 rings (SSSR count). The van der Waals surface area contributed by atoms with Crippen LogP contribution in [0.2, 0.25) is 0 Å². The first-order chi connectivity index (χ1) is 13.7. The Morgan fingerprint density at radius 2 is 2.21 bits per heavy atom. The third-order valence-electron chi connectivity index (χ3n) is 4.94. The van der Waals surface area contributed by atoms with Gasteiger partial charge in [-0.05, 0) is 24.6 Å². The van der Waals surface area contributed by atoms with Crippen molar-refractivity contribution in [3.8, 4) is 0 Å². The van der Waals surface area contributed by atoms with Crippen LogP contribution in [0.5, 0.6) is 0 Å². The van der Waals surface area contributed by atoms with Crippen LogP contribution in [-0.2, 0) is 18.3 Å². The minimum atomic E-state index is 0.00746. The van der Waals surface area contributed by atoms with Crippen molar-refractivity contribution in [2.75, 3.05) is 26.2 Å². The van der Waals surface area contributed by atoms with E-state index in [-0.39, 0.29) is 6.10 Å². The molecule has 1 fully saturated rings. The predicted octanol–water partition coefficient (Wildman–Crippen LogP) is 2.51. The van der Waals surface area contributed by atoms with Gasteiger partial charge in [0.1, 0.15) is 6.10 Å². The number of hydrogen-bond acceptors (Lipinski definition) is 4. The average Bonchev–Trinajstić information content (AvgIpc) is 3.17. The zero-order valence-corrected chi connectivity index (χ0v) is 16.4. The normalized spacial score (nSPS) is 17.9. The second kappa shape index (κ2) is 8.39. The molecule has 28 heavy (non-hydrogen) atoms. The van der Waals surface area contributed by atoms with Crippen molar-refractivity contribution >= 4 is 16.9 Å². The fraction of sp³-hybridized carbons (Fsp3) is 0.381. The number of fused-ring (bicyclic) bond motifs is 1. The number of aliphatic imine (C=N–C) groups is 1. The standard InChI is InChI=1S/C21H26N6O/c1-3-22-21(24-12-16-8-9-23-19-7-5-4-6-18(16)19)27-10-11-28-20(15-27)17-13-25-26(2)14-17/h4-9,13-14,20H,3,10-12,15H2,1-2H3,(H,22,24). The van der Waals surface area contributed by atoms with Crippen LogP contribution in [0.1, 0.15) is 24.2 Å². The Labute approximate surface area is 165 Å². The molecule has 0 saturated carbocycles. The molecule has 1 unspecified atom stereocenters. The van der Waals surface area contributed by atoms with E-state index >= 15 is 0 Å². The number of aromatic nitrogens is 3. The third kappa shape index (κ3) is 3.99. The summed E-state index contributed by atoms with van der Waals surface area (Å²) in [6.07, 6.45) is 5.75. The van der Waals surface area contributed by atoms with Crippen molar-refractivity contribution in [3.05, 3.63) is 60.0 Å². The highest BCUT2D eigenvalue weighted by atomic mass is 16.5. The Kier molecular flexibility index (Phi) is 5.53. The lowest BCUT2D eigenvalue weighted by atomic mass is 10.1. The van der Waals surface area contributed by atoms with E-state index < -0.39 is 0 Å². The highest BCUT2D eigenvalue weighted by Crippen LogP contribution is 2.22. The zero-order chi connectivity index (χ0) is 19.3. The largest absolute Gasteiger partial charge is 0.370 e. The van der Waals surface area contributed by atoms with Gasteiger partial charge in [-0.1, -0.05) is 18.2 Å². The molecule has 1 N–H and O–H groups in total. The maximum atomic E-state index is 5.97. The van der Waals surface area contributed by atoms with Crippen molar-refractivity contribution < 1.29 is 4.74 Å². The Morgan fingerprint density at radius 1 is 1.32 bits per heavy atom. The lowest BCUT2D eigenvalue weighted by Gasteiger charge is -2.34. The van der Waals surface area contributed by atoms with Crippen LogP contribution >= 0.6 is 0 Å². The number of aryl methyl sites for hydroxylation is 1. The fourth-order valence-electron chi connectivity index (χ4n) is 3.53. The van der Waals surface area contributed by atoms with Crippen LogP contribution in [-0.4, -0.2) is 51.9 Å². The van der Waals surface area contributed by atoms with Gasteiger partial charge in [-0.15, -0.1) is 0 Å². The number of nitrogens with zero attached hydrogens (tertiary/aromatic N) is 5. The first-order valence-corrected chi connectivity index (χ1v) is 9.70. The number of guanidine groups is 1. The Hall–Kier alpha value is -2.93. The Morgan fingerprint density at radius 3 is 3.04 bits per heavy atom. The molecule has 0 spiro atoms. The summed E-state index contributed by atoms with van der Waals surface area (Å²) < 4.78 is 7.78. The van der Waals surface area contributed by atoms with E-state index in [0.29, 0.717) is 13.2 Å². The van der Waals surface area contributed by atoms with E-state index in [0.717, 1.165) is 42.1 Å². The van der Waals surface area contributed by atoms with E-state index in [1.165, 1.54) is 5.56 Å². The van der Waals surface area contributed by atoms with Crippen molar-refractivity contribution in [1.82, 2.24) is 25.0 Å². The van der Waals surface area contributed by atoms with E-state index in [2.05, 4.69) is 33.3 Å². The summed E-state index contributed by atoms with van der Waals surface area (Å²) in [5.74, 6) is 0.917. The van der Waals surface area contributed by atoms with Crippen molar-refractivity contribution in [1.29, 1.82) is 0 Å². The van der Waals surface area contributed by atoms with Crippen LogP contribution in [0.4, 0.5) is 0 Å². The molecule has 1 saturated heterocycles. The Bertz CT molecular complexity index is 961. The summed E-state index contributed by atoms with van der Waals surface area (Å²) in [5.41, 5.74) is 3.28. The van der Waals surface area contributed by atoms with Crippen LogP contribution < -0.4 is 5.32 Å². The molecule has 0 aliphatic carbocycles. The summed E-state index contributed by atoms with van der Waals surface area (Å²) in [4.78, 5) is 11.6.